The largest absolute Gasteiger partial charge is 0.625 e. The first kappa shape index (κ1) is 12.4. The summed E-state index contributed by atoms with van der Waals surface area (Å²) in [5, 5.41) is 25.4. The van der Waals surface area contributed by atoms with Crippen LogP contribution in [-0.4, -0.2) is 46.5 Å². The van der Waals surface area contributed by atoms with Gasteiger partial charge in [0, 0.05) is 30.7 Å². The van der Waals surface area contributed by atoms with E-state index < -0.39 is 17.2 Å². The van der Waals surface area contributed by atoms with E-state index in [1.807, 2.05) is 11.0 Å². The molecule has 1 fully saturated rings. The van der Waals surface area contributed by atoms with Gasteiger partial charge in [0.05, 0.1) is 0 Å². The molecule has 19 heavy (non-hydrogen) atoms. The van der Waals surface area contributed by atoms with Crippen molar-refractivity contribution < 1.29 is 9.75 Å². The second-order valence-electron chi connectivity index (χ2n) is 5.00. The third kappa shape index (κ3) is 2.30. The number of aliphatic hydroxyl groups excluding tert-OH is 1. The Morgan fingerprint density at radius 3 is 3.00 bits per heavy atom. The van der Waals surface area contributed by atoms with Crippen LogP contribution < -0.4 is 5.32 Å². The first-order chi connectivity index (χ1) is 9.19. The number of aliphatic imine (C=N–C) groups is 1. The predicted molar refractivity (Wildman–Crippen MR) is 72.2 cm³/mol. The fraction of sp³-hybridized carbons (Fsp3) is 0.462. The summed E-state index contributed by atoms with van der Waals surface area (Å²) >= 11 is 0. The monoisotopic (exact) mass is 262 g/mol. The first-order valence-corrected chi connectivity index (χ1v) is 6.56. The molecule has 0 aromatic rings. The zero-order valence-electron chi connectivity index (χ0n) is 10.6. The highest BCUT2D eigenvalue weighted by atomic mass is 16.6. The Hall–Kier alpha value is -1.63. The number of likely N-dealkylation sites (tertiary alicyclic amines) is 1. The molecule has 3 rings (SSSR count). The fourth-order valence-electron chi connectivity index (χ4n) is 2.61. The van der Waals surface area contributed by atoms with Crippen LogP contribution in [-0.2, 0) is 0 Å². The van der Waals surface area contributed by atoms with Gasteiger partial charge in [0.25, 0.3) is 6.29 Å². The molecule has 3 atom stereocenters. The van der Waals surface area contributed by atoms with Crippen molar-refractivity contribution in [1.29, 1.82) is 0 Å². The van der Waals surface area contributed by atoms with Crippen LogP contribution in [0.3, 0.4) is 0 Å². The third-order valence-electron chi connectivity index (χ3n) is 3.71. The lowest BCUT2D eigenvalue weighted by Crippen LogP contribution is -2.53. The van der Waals surface area contributed by atoms with E-state index in [0.717, 1.165) is 25.1 Å². The summed E-state index contributed by atoms with van der Waals surface area (Å²) in [6.07, 6.45) is 11.2. The summed E-state index contributed by atoms with van der Waals surface area (Å²) in [6.45, 7) is 1.16. The Balaban J connectivity index is 1.71. The van der Waals surface area contributed by atoms with Gasteiger partial charge in [-0.15, -0.1) is 0 Å². The van der Waals surface area contributed by atoms with Crippen molar-refractivity contribution in [2.24, 2.45) is 4.99 Å². The van der Waals surface area contributed by atoms with Gasteiger partial charge >= 0.3 is 0 Å². The Morgan fingerprint density at radius 1 is 1.53 bits per heavy atom. The van der Waals surface area contributed by atoms with Gasteiger partial charge in [-0.3, -0.25) is 4.65 Å². The van der Waals surface area contributed by atoms with Crippen LogP contribution in [0.15, 0.2) is 41.3 Å². The van der Waals surface area contributed by atoms with Crippen molar-refractivity contribution in [3.63, 3.8) is 0 Å². The zero-order chi connectivity index (χ0) is 13.3. The summed E-state index contributed by atoms with van der Waals surface area (Å²) < 4.78 is -0.547. The van der Waals surface area contributed by atoms with Crippen molar-refractivity contribution in [2.45, 2.75) is 25.4 Å². The summed E-state index contributed by atoms with van der Waals surface area (Å²) in [5.41, 5.74) is 0.935. The number of allylic oxidation sites excluding steroid dienone is 2. The number of hydrogen-bond acceptors (Lipinski definition) is 5. The topological polar surface area (TPSA) is 70.9 Å². The Labute approximate surface area is 112 Å². The van der Waals surface area contributed by atoms with E-state index >= 15 is 0 Å². The van der Waals surface area contributed by atoms with Gasteiger partial charge in [-0.25, -0.2) is 4.99 Å². The molecule has 3 unspecified atom stereocenters. The summed E-state index contributed by atoms with van der Waals surface area (Å²) in [4.78, 5) is 6.10. The fourth-order valence-corrected chi connectivity index (χ4v) is 2.61. The Morgan fingerprint density at radius 2 is 2.42 bits per heavy atom. The number of nitrogens with one attached hydrogen (secondary N) is 1. The van der Waals surface area contributed by atoms with Crippen LogP contribution in [0.2, 0.25) is 0 Å². The molecule has 0 aromatic carbocycles. The van der Waals surface area contributed by atoms with E-state index in [-0.39, 0.29) is 0 Å². The molecule has 0 bridgehead atoms. The molecule has 2 N–H and O–H groups in total. The van der Waals surface area contributed by atoms with E-state index in [4.69, 9.17) is 0 Å². The van der Waals surface area contributed by atoms with Crippen LogP contribution in [0.25, 0.3) is 0 Å². The second-order valence-corrected chi connectivity index (χ2v) is 5.00. The van der Waals surface area contributed by atoms with Crippen molar-refractivity contribution in [3.05, 3.63) is 41.5 Å². The van der Waals surface area contributed by atoms with E-state index in [1.54, 1.807) is 30.8 Å². The predicted octanol–water partition coefficient (Wildman–Crippen LogP) is 0.598. The van der Waals surface area contributed by atoms with Crippen LogP contribution in [0.5, 0.6) is 0 Å². The number of quaternary nitrogens is 1. The maximum Gasteiger partial charge on any atom is 0.264 e. The molecule has 3 aliphatic heterocycles. The number of rotatable bonds is 2. The highest BCUT2D eigenvalue weighted by Crippen LogP contribution is 2.26. The molecule has 0 spiro atoms. The average molecular weight is 262 g/mol. The molecular weight excluding hydrogens is 244 g/mol. The number of hydrogen-bond donors (Lipinski definition) is 2. The van der Waals surface area contributed by atoms with Crippen molar-refractivity contribution in [1.82, 2.24) is 10.2 Å². The molecule has 0 radical (unpaired) electrons. The summed E-state index contributed by atoms with van der Waals surface area (Å²) in [5.74, 6) is 0. The molecule has 3 heterocycles. The van der Waals surface area contributed by atoms with Crippen LogP contribution in [0.1, 0.15) is 12.8 Å². The van der Waals surface area contributed by atoms with Gasteiger partial charge in [-0.05, 0) is 25.0 Å². The molecule has 102 valence electrons. The number of nitrogens with zero attached hydrogens (tertiary/aromatic N) is 3. The smallest absolute Gasteiger partial charge is 0.264 e. The van der Waals surface area contributed by atoms with Gasteiger partial charge in [-0.2, -0.15) is 0 Å². The minimum atomic E-state index is -0.547. The molecule has 6 heteroatoms. The molecule has 3 aliphatic rings. The maximum absolute atomic E-state index is 12.6. The lowest BCUT2D eigenvalue weighted by molar-refractivity contribution is -0.853. The zero-order valence-corrected chi connectivity index (χ0v) is 10.6. The van der Waals surface area contributed by atoms with E-state index in [2.05, 4.69) is 10.3 Å². The molecule has 6 nitrogen and oxygen atoms in total. The van der Waals surface area contributed by atoms with Gasteiger partial charge in [0.2, 0.25) is 0 Å². The molecule has 1 saturated heterocycles. The highest BCUT2D eigenvalue weighted by Gasteiger charge is 2.30. The van der Waals surface area contributed by atoms with Gasteiger partial charge in [-0.1, -0.05) is 0 Å². The Bertz CT molecular complexity index is 471. The SMILES string of the molecule is [O-][N+]1(C2N=CC=CN2)C=CC(N2CCCC2O)=CC1. The highest BCUT2D eigenvalue weighted by molar-refractivity contribution is 5.71. The van der Waals surface area contributed by atoms with E-state index in [9.17, 15) is 10.3 Å². The Kier molecular flexibility index (Phi) is 3.14. The second kappa shape index (κ2) is 4.80. The minimum Gasteiger partial charge on any atom is -0.625 e. The number of hydroxylamine groups is 3. The van der Waals surface area contributed by atoms with Crippen LogP contribution in [0.4, 0.5) is 0 Å². The molecule has 0 amide bonds. The van der Waals surface area contributed by atoms with Crippen molar-refractivity contribution >= 4 is 6.21 Å². The standard InChI is InChI=1S/C13H18N4O2/c18-12-3-1-8-16(12)11-4-9-17(19,10-5-11)13-14-6-2-7-15-13/h2,4-7,9,12-14,18H,1,3,8,10H2. The lowest BCUT2D eigenvalue weighted by Gasteiger charge is -2.44. The average Bonchev–Trinajstić information content (AvgIpc) is 2.87. The van der Waals surface area contributed by atoms with Gasteiger partial charge < -0.3 is 20.5 Å². The van der Waals surface area contributed by atoms with Crippen molar-refractivity contribution in [3.8, 4) is 0 Å². The van der Waals surface area contributed by atoms with Gasteiger partial charge in [0.15, 0.2) is 0 Å². The number of aliphatic hydroxyl groups is 1. The lowest BCUT2D eigenvalue weighted by atomic mass is 10.2. The molecular formula is C13H18N4O2. The maximum atomic E-state index is 12.6. The molecule has 0 aromatic heterocycles. The normalized spacial score (nSPS) is 37.4. The molecule has 0 aliphatic carbocycles. The molecule has 0 saturated carbocycles. The first-order valence-electron chi connectivity index (χ1n) is 6.56. The van der Waals surface area contributed by atoms with E-state index in [0.29, 0.717) is 6.54 Å². The summed E-state index contributed by atoms with van der Waals surface area (Å²) in [6, 6.07) is 0. The summed E-state index contributed by atoms with van der Waals surface area (Å²) in [7, 11) is 0. The quantitative estimate of drug-likeness (QED) is 0.564. The third-order valence-corrected chi connectivity index (χ3v) is 3.71. The van der Waals surface area contributed by atoms with Gasteiger partial charge in [0.1, 0.15) is 19.0 Å². The minimum absolute atomic E-state index is 0.317. The van der Waals surface area contributed by atoms with Crippen LogP contribution in [0, 0.1) is 5.21 Å². The van der Waals surface area contributed by atoms with E-state index in [1.165, 1.54) is 0 Å². The van der Waals surface area contributed by atoms with Crippen LogP contribution >= 0.6 is 0 Å². The van der Waals surface area contributed by atoms with Crippen molar-refractivity contribution in [2.75, 3.05) is 13.1 Å².